The first kappa shape index (κ1) is 28.4. The lowest BCUT2D eigenvalue weighted by molar-refractivity contribution is -0.134. The lowest BCUT2D eigenvalue weighted by Gasteiger charge is -2.31. The molecule has 4 N–H and O–H groups in total. The molecule has 0 bridgehead atoms. The summed E-state index contributed by atoms with van der Waals surface area (Å²) in [6, 6.07) is 0. The number of imidazole rings is 1. The number of nitrogen functional groups attached to an aromatic ring is 1. The second kappa shape index (κ2) is 12.2. The van der Waals surface area contributed by atoms with Crippen LogP contribution >= 0.6 is 7.60 Å². The number of carbonyl (C=O) groups is 2. The zero-order valence-electron chi connectivity index (χ0n) is 20.2. The standard InChI is InChI=1S/C17H28N5O4P.C4H4O4/c1-12(2)17(4)5-6-25-27(23,26-8-17)11-24-13(3)7-22-10-21-14-15(18)19-9-20-16(14)22;5-3(6)1-2-4(7)8/h9-10,12-13H,5-8,11H2,1-4H3,(H2,18,19,20);1-2H,(H,5,6)(H,7,8)/b;2-1+/t13-,17?,27?;/m1./s1. The molecule has 1 fully saturated rings. The van der Waals surface area contributed by atoms with Crippen molar-refractivity contribution in [1.29, 1.82) is 0 Å². The molecular weight excluding hydrogens is 481 g/mol. The summed E-state index contributed by atoms with van der Waals surface area (Å²) in [5.41, 5.74) is 6.95. The number of carboxylic acids is 2. The van der Waals surface area contributed by atoms with Gasteiger partial charge in [0.15, 0.2) is 11.5 Å². The smallest absolute Gasteiger partial charge is 0.356 e. The van der Waals surface area contributed by atoms with Crippen LogP contribution < -0.4 is 5.73 Å². The molecule has 1 aliphatic rings. The van der Waals surface area contributed by atoms with E-state index in [4.69, 9.17) is 29.7 Å². The quantitative estimate of drug-likeness (QED) is 0.346. The van der Waals surface area contributed by atoms with Crippen molar-refractivity contribution >= 4 is 36.5 Å². The number of aliphatic carboxylic acids is 2. The number of ether oxygens (including phenoxy) is 1. The Bertz CT molecular complexity index is 1090. The topological polar surface area (TPSA) is 189 Å². The van der Waals surface area contributed by atoms with Crippen molar-refractivity contribution in [3.63, 3.8) is 0 Å². The van der Waals surface area contributed by atoms with Crippen LogP contribution in [0, 0.1) is 11.3 Å². The van der Waals surface area contributed by atoms with Crippen molar-refractivity contribution in [2.45, 2.75) is 46.8 Å². The van der Waals surface area contributed by atoms with Crippen LogP contribution in [0.25, 0.3) is 11.2 Å². The molecule has 3 rings (SSSR count). The summed E-state index contributed by atoms with van der Waals surface area (Å²) in [5, 5.41) is 15.6. The molecule has 2 unspecified atom stereocenters. The normalized spacial score (nSPS) is 23.6. The van der Waals surface area contributed by atoms with Gasteiger partial charge in [0, 0.05) is 12.2 Å². The van der Waals surface area contributed by atoms with E-state index in [1.54, 1.807) is 6.33 Å². The summed E-state index contributed by atoms with van der Waals surface area (Å²) < 4.78 is 31.8. The van der Waals surface area contributed by atoms with E-state index >= 15 is 0 Å². The Balaban J connectivity index is 0.000000466. The van der Waals surface area contributed by atoms with E-state index in [9.17, 15) is 14.2 Å². The zero-order valence-corrected chi connectivity index (χ0v) is 21.1. The molecular formula is C21H32N5O8P. The van der Waals surface area contributed by atoms with Gasteiger partial charge in [0.25, 0.3) is 0 Å². The molecule has 2 aromatic rings. The molecule has 2 aromatic heterocycles. The highest BCUT2D eigenvalue weighted by Crippen LogP contribution is 2.53. The molecule has 194 valence electrons. The van der Waals surface area contributed by atoms with Gasteiger partial charge in [-0.15, -0.1) is 0 Å². The second-order valence-corrected chi connectivity index (χ2v) is 10.7. The Morgan fingerprint density at radius 2 is 1.89 bits per heavy atom. The summed E-state index contributed by atoms with van der Waals surface area (Å²) >= 11 is 0. The van der Waals surface area contributed by atoms with Gasteiger partial charge in [0.2, 0.25) is 0 Å². The van der Waals surface area contributed by atoms with Gasteiger partial charge in [-0.25, -0.2) is 24.5 Å². The van der Waals surface area contributed by atoms with E-state index in [-0.39, 0.29) is 17.9 Å². The molecule has 13 nitrogen and oxygen atoms in total. The third-order valence-corrected chi connectivity index (χ3v) is 7.28. The Morgan fingerprint density at radius 3 is 2.49 bits per heavy atom. The molecule has 0 saturated carbocycles. The Hall–Kier alpha value is -2.86. The summed E-state index contributed by atoms with van der Waals surface area (Å²) in [6.07, 6.45) is 4.66. The number of aromatic nitrogens is 4. The first-order valence-corrected chi connectivity index (χ1v) is 12.6. The van der Waals surface area contributed by atoms with E-state index in [0.717, 1.165) is 6.42 Å². The van der Waals surface area contributed by atoms with Gasteiger partial charge >= 0.3 is 19.5 Å². The molecule has 1 saturated heterocycles. The summed E-state index contributed by atoms with van der Waals surface area (Å²) in [5.74, 6) is -1.76. The predicted octanol–water partition coefficient (Wildman–Crippen LogP) is 2.78. The number of nitrogens with two attached hydrogens (primary N) is 1. The van der Waals surface area contributed by atoms with Crippen LogP contribution in [0.3, 0.4) is 0 Å². The van der Waals surface area contributed by atoms with Crippen molar-refractivity contribution in [2.75, 3.05) is 25.3 Å². The van der Waals surface area contributed by atoms with Crippen molar-refractivity contribution in [1.82, 2.24) is 19.5 Å². The Morgan fingerprint density at radius 1 is 1.23 bits per heavy atom. The largest absolute Gasteiger partial charge is 0.478 e. The Kier molecular flexibility index (Phi) is 9.90. The fourth-order valence-corrected chi connectivity index (χ4v) is 4.55. The minimum absolute atomic E-state index is 0.0485. The minimum Gasteiger partial charge on any atom is -0.478 e. The predicted molar refractivity (Wildman–Crippen MR) is 127 cm³/mol. The first-order chi connectivity index (χ1) is 16.3. The number of hydrogen-bond donors (Lipinski definition) is 3. The van der Waals surface area contributed by atoms with Gasteiger partial charge in [-0.3, -0.25) is 4.57 Å². The van der Waals surface area contributed by atoms with E-state index < -0.39 is 19.5 Å². The summed E-state index contributed by atoms with van der Waals surface area (Å²) in [6.45, 7) is 9.61. The van der Waals surface area contributed by atoms with Crippen molar-refractivity contribution in [3.05, 3.63) is 24.8 Å². The van der Waals surface area contributed by atoms with Gasteiger partial charge in [-0.05, 0) is 24.7 Å². The fraction of sp³-hybridized carbons (Fsp3) is 0.571. The van der Waals surface area contributed by atoms with Gasteiger partial charge in [-0.2, -0.15) is 0 Å². The lowest BCUT2D eigenvalue weighted by atomic mass is 9.77. The average molecular weight is 513 g/mol. The van der Waals surface area contributed by atoms with E-state index in [2.05, 4.69) is 35.7 Å². The number of anilines is 1. The van der Waals surface area contributed by atoms with E-state index in [1.165, 1.54) is 6.33 Å². The zero-order chi connectivity index (χ0) is 26.2. The third kappa shape index (κ3) is 8.39. The molecule has 35 heavy (non-hydrogen) atoms. The van der Waals surface area contributed by atoms with E-state index in [1.807, 2.05) is 11.5 Å². The van der Waals surface area contributed by atoms with Crippen molar-refractivity contribution < 1.29 is 38.2 Å². The molecule has 0 aliphatic carbocycles. The molecule has 0 radical (unpaired) electrons. The van der Waals surface area contributed by atoms with Gasteiger partial charge in [0.05, 0.1) is 32.2 Å². The molecule has 14 heteroatoms. The van der Waals surface area contributed by atoms with Crippen LogP contribution in [0.2, 0.25) is 0 Å². The summed E-state index contributed by atoms with van der Waals surface area (Å²) in [7, 11) is -3.27. The van der Waals surface area contributed by atoms with Crippen LogP contribution in [0.5, 0.6) is 0 Å². The van der Waals surface area contributed by atoms with Crippen LogP contribution in [0.15, 0.2) is 24.8 Å². The molecule has 0 amide bonds. The first-order valence-electron chi connectivity index (χ1n) is 10.9. The van der Waals surface area contributed by atoms with Crippen molar-refractivity contribution in [2.24, 2.45) is 11.3 Å². The molecule has 1 aliphatic heterocycles. The number of rotatable bonds is 8. The van der Waals surface area contributed by atoms with Crippen LogP contribution in [0.1, 0.15) is 34.1 Å². The van der Waals surface area contributed by atoms with Crippen LogP contribution in [-0.4, -0.2) is 67.3 Å². The maximum atomic E-state index is 12.9. The minimum atomic E-state index is -3.27. The molecule has 3 heterocycles. The van der Waals surface area contributed by atoms with Gasteiger partial charge in [0.1, 0.15) is 18.2 Å². The maximum absolute atomic E-state index is 12.9. The van der Waals surface area contributed by atoms with Crippen LogP contribution in [0.4, 0.5) is 5.82 Å². The highest BCUT2D eigenvalue weighted by molar-refractivity contribution is 7.53. The van der Waals surface area contributed by atoms with Gasteiger partial charge < -0.3 is 34.3 Å². The molecule has 3 atom stereocenters. The highest BCUT2D eigenvalue weighted by atomic mass is 31.2. The number of nitrogens with zero attached hydrogens (tertiary/aromatic N) is 4. The number of hydrogen-bond acceptors (Lipinski definition) is 10. The lowest BCUT2D eigenvalue weighted by Crippen LogP contribution is -2.28. The molecule has 0 aromatic carbocycles. The Labute approximate surface area is 202 Å². The maximum Gasteiger partial charge on any atom is 0.356 e. The highest BCUT2D eigenvalue weighted by Gasteiger charge is 2.38. The third-order valence-electron chi connectivity index (χ3n) is 5.71. The fourth-order valence-electron chi connectivity index (χ4n) is 3.03. The monoisotopic (exact) mass is 513 g/mol. The molecule has 0 spiro atoms. The average Bonchev–Trinajstić information content (AvgIpc) is 3.12. The second-order valence-electron chi connectivity index (χ2n) is 8.72. The SMILES string of the molecule is CC(C)C1(C)CCOP(=O)(CO[C@H](C)Cn2cnc3c(N)ncnc32)OC1.O=C(O)/C=C/C(=O)O. The van der Waals surface area contributed by atoms with Gasteiger partial charge in [-0.1, -0.05) is 20.8 Å². The summed E-state index contributed by atoms with van der Waals surface area (Å²) in [4.78, 5) is 31.5. The van der Waals surface area contributed by atoms with Crippen molar-refractivity contribution in [3.8, 4) is 0 Å². The number of carboxylic acid groups (broad SMARTS) is 2. The van der Waals surface area contributed by atoms with E-state index in [0.29, 0.717) is 54.8 Å². The van der Waals surface area contributed by atoms with Crippen LogP contribution in [-0.2, 0) is 34.5 Å². The number of fused-ring (bicyclic) bond motifs is 1.